The highest BCUT2D eigenvalue weighted by molar-refractivity contribution is 5.71. The van der Waals surface area contributed by atoms with Crippen LogP contribution in [0.2, 0.25) is 0 Å². The Balaban J connectivity index is 4.01. The van der Waals surface area contributed by atoms with Gasteiger partial charge in [-0.05, 0) is 77.0 Å². The van der Waals surface area contributed by atoms with Crippen LogP contribution in [0.15, 0.2) is 48.6 Å². The van der Waals surface area contributed by atoms with Crippen LogP contribution in [0.1, 0.15) is 323 Å². The lowest BCUT2D eigenvalue weighted by atomic mass is 10.0. The molecule has 0 N–H and O–H groups in total. The Morgan fingerprint density at radius 3 is 0.900 bits per heavy atom. The summed E-state index contributed by atoms with van der Waals surface area (Å²) >= 11 is 0. The Bertz CT molecular complexity index is 1220. The molecule has 0 aromatic rings. The molecule has 408 valence electrons. The minimum Gasteiger partial charge on any atom is -0.462 e. The van der Waals surface area contributed by atoms with Crippen molar-refractivity contribution in [3.63, 3.8) is 0 Å². The Labute approximate surface area is 435 Å². The van der Waals surface area contributed by atoms with E-state index in [1.807, 2.05) is 0 Å². The molecule has 70 heavy (non-hydrogen) atoms. The third-order valence-electron chi connectivity index (χ3n) is 13.6. The van der Waals surface area contributed by atoms with Crippen molar-refractivity contribution in [3.05, 3.63) is 48.6 Å². The number of ether oxygens (including phenoxy) is 3. The molecule has 6 nitrogen and oxygen atoms in total. The zero-order valence-corrected chi connectivity index (χ0v) is 46.8. The fraction of sp³-hybridized carbons (Fsp3) is 0.828. The normalized spacial score (nSPS) is 12.3. The van der Waals surface area contributed by atoms with Crippen molar-refractivity contribution in [3.8, 4) is 0 Å². The highest BCUT2D eigenvalue weighted by Crippen LogP contribution is 2.17. The summed E-state index contributed by atoms with van der Waals surface area (Å²) in [5, 5.41) is 0. The Morgan fingerprint density at radius 1 is 0.300 bits per heavy atom. The van der Waals surface area contributed by atoms with Gasteiger partial charge in [0.2, 0.25) is 0 Å². The van der Waals surface area contributed by atoms with Gasteiger partial charge in [0.05, 0.1) is 0 Å². The smallest absolute Gasteiger partial charge is 0.306 e. The van der Waals surface area contributed by atoms with Gasteiger partial charge in [0.1, 0.15) is 13.2 Å². The summed E-state index contributed by atoms with van der Waals surface area (Å²) in [6, 6.07) is 0. The van der Waals surface area contributed by atoms with E-state index in [1.54, 1.807) is 0 Å². The van der Waals surface area contributed by atoms with E-state index in [9.17, 15) is 14.4 Å². The average molecular weight is 982 g/mol. The van der Waals surface area contributed by atoms with Crippen LogP contribution in [0.4, 0.5) is 0 Å². The lowest BCUT2D eigenvalue weighted by Gasteiger charge is -2.18. The van der Waals surface area contributed by atoms with Gasteiger partial charge in [-0.15, -0.1) is 0 Å². The fourth-order valence-electron chi connectivity index (χ4n) is 8.98. The molecule has 6 heteroatoms. The average Bonchev–Trinajstić information content (AvgIpc) is 3.36. The zero-order chi connectivity index (χ0) is 50.7. The van der Waals surface area contributed by atoms with Crippen LogP contribution in [0.3, 0.4) is 0 Å². The molecule has 0 aliphatic rings. The molecule has 0 aliphatic carbocycles. The van der Waals surface area contributed by atoms with Crippen molar-refractivity contribution >= 4 is 17.9 Å². The second-order valence-corrected chi connectivity index (χ2v) is 20.6. The summed E-state index contributed by atoms with van der Waals surface area (Å²) in [4.78, 5) is 37.9. The van der Waals surface area contributed by atoms with Gasteiger partial charge in [0, 0.05) is 19.3 Å². The predicted octanol–water partition coefficient (Wildman–Crippen LogP) is 20.6. The molecule has 0 fully saturated rings. The van der Waals surface area contributed by atoms with E-state index in [4.69, 9.17) is 14.2 Å². The van der Waals surface area contributed by atoms with Crippen LogP contribution in [0.5, 0.6) is 0 Å². The van der Waals surface area contributed by atoms with E-state index in [1.165, 1.54) is 199 Å². The SMILES string of the molecule is CC/C=C\C/C=C\C/C=C\CCCCCC(=O)OC(COC(=O)CCCCCCCCCC)COC(=O)CCCCCCCCCCCCCCCCCCCCC/C=C\CCCCCCCCCC. The maximum absolute atomic E-state index is 12.8. The highest BCUT2D eigenvalue weighted by Gasteiger charge is 2.19. The molecular weight excluding hydrogens is 865 g/mol. The van der Waals surface area contributed by atoms with Crippen molar-refractivity contribution in [2.75, 3.05) is 13.2 Å². The van der Waals surface area contributed by atoms with Crippen molar-refractivity contribution < 1.29 is 28.6 Å². The van der Waals surface area contributed by atoms with E-state index >= 15 is 0 Å². The zero-order valence-electron chi connectivity index (χ0n) is 46.8. The van der Waals surface area contributed by atoms with Crippen molar-refractivity contribution in [1.82, 2.24) is 0 Å². The van der Waals surface area contributed by atoms with Crippen molar-refractivity contribution in [2.24, 2.45) is 0 Å². The van der Waals surface area contributed by atoms with E-state index in [-0.39, 0.29) is 31.1 Å². The van der Waals surface area contributed by atoms with Gasteiger partial charge >= 0.3 is 17.9 Å². The first kappa shape index (κ1) is 67.4. The Hall–Kier alpha value is -2.63. The fourth-order valence-corrected chi connectivity index (χ4v) is 8.98. The van der Waals surface area contributed by atoms with Crippen LogP contribution in [0, 0.1) is 0 Å². The molecule has 0 aromatic carbocycles. The third kappa shape index (κ3) is 56.3. The van der Waals surface area contributed by atoms with E-state index in [0.29, 0.717) is 19.3 Å². The maximum atomic E-state index is 12.8. The van der Waals surface area contributed by atoms with Gasteiger partial charge in [-0.25, -0.2) is 0 Å². The van der Waals surface area contributed by atoms with Gasteiger partial charge in [-0.2, -0.15) is 0 Å². The molecule has 0 spiro atoms. The molecule has 0 rings (SSSR count). The first-order valence-electron chi connectivity index (χ1n) is 30.6. The lowest BCUT2D eigenvalue weighted by molar-refractivity contribution is -0.167. The van der Waals surface area contributed by atoms with Crippen LogP contribution in [0.25, 0.3) is 0 Å². The Morgan fingerprint density at radius 2 is 0.557 bits per heavy atom. The molecule has 0 bridgehead atoms. The summed E-state index contributed by atoms with van der Waals surface area (Å²) < 4.78 is 16.8. The quantitative estimate of drug-likeness (QED) is 0.0261. The number of allylic oxidation sites excluding steroid dienone is 8. The molecule has 0 radical (unpaired) electrons. The summed E-state index contributed by atoms with van der Waals surface area (Å²) in [7, 11) is 0. The number of rotatable bonds is 56. The predicted molar refractivity (Wildman–Crippen MR) is 302 cm³/mol. The highest BCUT2D eigenvalue weighted by atomic mass is 16.6. The number of hydrogen-bond donors (Lipinski definition) is 0. The Kier molecular flexibility index (Phi) is 56.7. The molecule has 0 aromatic heterocycles. The summed E-state index contributed by atoms with van der Waals surface area (Å²) in [6.07, 6.45) is 73.0. The van der Waals surface area contributed by atoms with E-state index in [0.717, 1.165) is 83.5 Å². The van der Waals surface area contributed by atoms with Crippen LogP contribution < -0.4 is 0 Å². The molecule has 0 amide bonds. The number of unbranched alkanes of at least 4 members (excludes halogenated alkanes) is 37. The first-order chi connectivity index (χ1) is 34.5. The van der Waals surface area contributed by atoms with Crippen molar-refractivity contribution in [2.45, 2.75) is 329 Å². The van der Waals surface area contributed by atoms with Crippen LogP contribution >= 0.6 is 0 Å². The van der Waals surface area contributed by atoms with Crippen LogP contribution in [-0.4, -0.2) is 37.2 Å². The summed E-state index contributed by atoms with van der Waals surface area (Å²) in [5.41, 5.74) is 0. The van der Waals surface area contributed by atoms with E-state index in [2.05, 4.69) is 69.4 Å². The third-order valence-corrected chi connectivity index (χ3v) is 13.6. The standard InChI is InChI=1S/C64H116O6/c1-4-7-10-13-16-19-21-23-24-25-26-27-28-29-30-31-32-33-34-35-36-37-38-39-40-42-43-45-48-51-54-57-63(66)69-60-61(59-68-62(65)56-53-50-47-18-15-12-9-6-3)70-64(67)58-55-52-49-46-44-41-22-20-17-14-11-8-5-2/h8,11,17,20,25-26,41,44,61H,4-7,9-10,12-16,18-19,21-24,27-40,42-43,45-60H2,1-3H3/b11-8-,20-17-,26-25-,44-41-. The number of esters is 3. The second-order valence-electron chi connectivity index (χ2n) is 20.6. The maximum Gasteiger partial charge on any atom is 0.306 e. The number of carbonyl (C=O) groups excluding carboxylic acids is 3. The van der Waals surface area contributed by atoms with Gasteiger partial charge in [0.25, 0.3) is 0 Å². The van der Waals surface area contributed by atoms with Crippen molar-refractivity contribution in [1.29, 1.82) is 0 Å². The molecule has 0 saturated heterocycles. The minimum absolute atomic E-state index is 0.0815. The molecule has 0 aliphatic heterocycles. The summed E-state index contributed by atoms with van der Waals surface area (Å²) in [5.74, 6) is -0.903. The lowest BCUT2D eigenvalue weighted by Crippen LogP contribution is -2.30. The topological polar surface area (TPSA) is 78.9 Å². The number of hydrogen-bond acceptors (Lipinski definition) is 6. The first-order valence-corrected chi connectivity index (χ1v) is 30.6. The molecule has 1 atom stereocenters. The monoisotopic (exact) mass is 981 g/mol. The van der Waals surface area contributed by atoms with Crippen LogP contribution in [-0.2, 0) is 28.6 Å². The second kappa shape index (κ2) is 58.9. The molecule has 0 saturated carbocycles. The largest absolute Gasteiger partial charge is 0.462 e. The minimum atomic E-state index is -0.783. The molecular formula is C64H116O6. The number of carbonyl (C=O) groups is 3. The van der Waals surface area contributed by atoms with E-state index < -0.39 is 6.10 Å². The van der Waals surface area contributed by atoms with Gasteiger partial charge in [0.15, 0.2) is 6.10 Å². The molecule has 0 heterocycles. The van der Waals surface area contributed by atoms with Gasteiger partial charge in [-0.1, -0.05) is 275 Å². The summed E-state index contributed by atoms with van der Waals surface area (Å²) in [6.45, 7) is 6.50. The molecule has 1 unspecified atom stereocenters. The van der Waals surface area contributed by atoms with Gasteiger partial charge < -0.3 is 14.2 Å². The van der Waals surface area contributed by atoms with Gasteiger partial charge in [-0.3, -0.25) is 14.4 Å².